The van der Waals surface area contributed by atoms with Crippen molar-refractivity contribution in [2.45, 2.75) is 13.8 Å². The molecule has 0 saturated carbocycles. The van der Waals surface area contributed by atoms with Crippen LogP contribution >= 0.6 is 27.3 Å². The second kappa shape index (κ2) is 4.28. The lowest BCUT2D eigenvalue weighted by Gasteiger charge is -2.04. The quantitative estimate of drug-likeness (QED) is 0.914. The molecule has 15 heavy (non-hydrogen) atoms. The zero-order valence-corrected chi connectivity index (χ0v) is 10.8. The van der Waals surface area contributed by atoms with Crippen molar-refractivity contribution in [2.24, 2.45) is 0 Å². The molecule has 0 fully saturated rings. The molecule has 0 amide bonds. The third-order valence-electron chi connectivity index (χ3n) is 2.02. The Kier molecular flexibility index (Phi) is 3.02. The molecule has 2 heterocycles. The summed E-state index contributed by atoms with van der Waals surface area (Å²) >= 11 is 5.04. The molecule has 78 valence electrons. The van der Waals surface area contributed by atoms with Crippen molar-refractivity contribution < 1.29 is 0 Å². The van der Waals surface area contributed by atoms with E-state index in [0.29, 0.717) is 5.95 Å². The summed E-state index contributed by atoms with van der Waals surface area (Å²) in [6.07, 6.45) is 1.76. The molecule has 0 aliphatic carbocycles. The molecule has 0 bridgehead atoms. The summed E-state index contributed by atoms with van der Waals surface area (Å²) in [6, 6.07) is 0. The van der Waals surface area contributed by atoms with Gasteiger partial charge < -0.3 is 5.32 Å². The van der Waals surface area contributed by atoms with Crippen molar-refractivity contribution in [3.63, 3.8) is 0 Å². The van der Waals surface area contributed by atoms with Crippen molar-refractivity contribution in [3.05, 3.63) is 32.7 Å². The number of aromatic nitrogens is 2. The van der Waals surface area contributed by atoms with Crippen LogP contribution in [0.5, 0.6) is 0 Å². The maximum atomic E-state index is 4.32. The summed E-state index contributed by atoms with van der Waals surface area (Å²) in [5, 5.41) is 7.33. The van der Waals surface area contributed by atoms with Crippen LogP contribution < -0.4 is 5.32 Å². The van der Waals surface area contributed by atoms with Gasteiger partial charge in [-0.1, -0.05) is 0 Å². The molecule has 0 unspecified atom stereocenters. The first-order chi connectivity index (χ1) is 7.16. The van der Waals surface area contributed by atoms with Gasteiger partial charge in [0.05, 0.1) is 15.9 Å². The molecule has 2 rings (SSSR count). The van der Waals surface area contributed by atoms with Gasteiger partial charge in [0.2, 0.25) is 5.95 Å². The molecule has 5 heteroatoms. The first-order valence-corrected chi connectivity index (χ1v) is 6.19. The van der Waals surface area contributed by atoms with Gasteiger partial charge in [-0.3, -0.25) is 0 Å². The number of halogens is 1. The summed E-state index contributed by atoms with van der Waals surface area (Å²) in [5.74, 6) is 0.636. The van der Waals surface area contributed by atoms with Crippen LogP contribution in [0.4, 0.5) is 11.6 Å². The first kappa shape index (κ1) is 10.6. The normalized spacial score (nSPS) is 10.3. The molecular weight excluding hydrogens is 274 g/mol. The molecular formula is C10H10BrN3S. The number of aryl methyl sites for hydroxylation is 2. The molecule has 0 saturated heterocycles. The predicted octanol–water partition coefficient (Wildman–Crippen LogP) is 3.66. The Morgan fingerprint density at radius 1 is 1.33 bits per heavy atom. The summed E-state index contributed by atoms with van der Waals surface area (Å²) in [6.45, 7) is 4.00. The minimum absolute atomic E-state index is 0.636. The predicted molar refractivity (Wildman–Crippen MR) is 66.8 cm³/mol. The van der Waals surface area contributed by atoms with Gasteiger partial charge >= 0.3 is 0 Å². The van der Waals surface area contributed by atoms with E-state index < -0.39 is 0 Å². The van der Waals surface area contributed by atoms with Crippen LogP contribution in [0.15, 0.2) is 21.4 Å². The van der Waals surface area contributed by atoms with Crippen molar-refractivity contribution in [3.8, 4) is 0 Å². The van der Waals surface area contributed by atoms with Crippen LogP contribution in [0.25, 0.3) is 0 Å². The molecule has 2 aromatic heterocycles. The minimum Gasteiger partial charge on any atom is -0.323 e. The molecule has 0 spiro atoms. The maximum absolute atomic E-state index is 4.32. The molecule has 0 aromatic carbocycles. The Bertz CT molecular complexity index is 481. The topological polar surface area (TPSA) is 37.8 Å². The highest BCUT2D eigenvalue weighted by molar-refractivity contribution is 9.10. The summed E-state index contributed by atoms with van der Waals surface area (Å²) in [4.78, 5) is 8.51. The van der Waals surface area contributed by atoms with Crippen LogP contribution in [0.3, 0.4) is 0 Å². The van der Waals surface area contributed by atoms with Gasteiger partial charge in [-0.25, -0.2) is 9.97 Å². The smallest absolute Gasteiger partial charge is 0.227 e. The van der Waals surface area contributed by atoms with Gasteiger partial charge in [-0.05, 0) is 40.7 Å². The lowest BCUT2D eigenvalue weighted by molar-refractivity contribution is 1.09. The average Bonchev–Trinajstić information content (AvgIpc) is 2.59. The van der Waals surface area contributed by atoms with Gasteiger partial charge in [0.25, 0.3) is 0 Å². The van der Waals surface area contributed by atoms with E-state index in [1.54, 1.807) is 17.5 Å². The summed E-state index contributed by atoms with van der Waals surface area (Å²) in [7, 11) is 0. The zero-order chi connectivity index (χ0) is 10.8. The maximum Gasteiger partial charge on any atom is 0.227 e. The summed E-state index contributed by atoms with van der Waals surface area (Å²) in [5.41, 5.74) is 3.21. The molecule has 0 aliphatic rings. The van der Waals surface area contributed by atoms with E-state index in [4.69, 9.17) is 0 Å². The van der Waals surface area contributed by atoms with Crippen LogP contribution in [0, 0.1) is 13.8 Å². The van der Waals surface area contributed by atoms with Crippen LogP contribution in [-0.4, -0.2) is 9.97 Å². The van der Waals surface area contributed by atoms with Gasteiger partial charge in [-0.2, -0.15) is 0 Å². The average molecular weight is 284 g/mol. The highest BCUT2D eigenvalue weighted by Gasteiger charge is 2.03. The number of nitrogens with zero attached hydrogens (tertiary/aromatic N) is 2. The van der Waals surface area contributed by atoms with E-state index >= 15 is 0 Å². The highest BCUT2D eigenvalue weighted by Crippen LogP contribution is 2.23. The first-order valence-electron chi connectivity index (χ1n) is 4.46. The van der Waals surface area contributed by atoms with E-state index in [2.05, 4.69) is 48.9 Å². The van der Waals surface area contributed by atoms with Crippen molar-refractivity contribution >= 4 is 38.9 Å². The second-order valence-electron chi connectivity index (χ2n) is 3.22. The lowest BCUT2D eigenvalue weighted by atomic mass is 10.3. The summed E-state index contributed by atoms with van der Waals surface area (Å²) < 4.78 is 0.926. The standard InChI is InChI=1S/C10H10BrN3S/c1-6-4-15-5-9(6)14-10-12-3-8(11)7(2)13-10/h3-5H,1-2H3,(H,12,13,14). The van der Waals surface area contributed by atoms with Gasteiger partial charge in [0.15, 0.2) is 0 Å². The molecule has 1 N–H and O–H groups in total. The third kappa shape index (κ3) is 2.35. The molecule has 2 aromatic rings. The fourth-order valence-electron chi connectivity index (χ4n) is 1.12. The highest BCUT2D eigenvalue weighted by atomic mass is 79.9. The van der Waals surface area contributed by atoms with Crippen molar-refractivity contribution in [1.82, 2.24) is 9.97 Å². The Hall–Kier alpha value is -0.940. The number of hydrogen-bond donors (Lipinski definition) is 1. The van der Waals surface area contributed by atoms with Crippen LogP contribution in [0.2, 0.25) is 0 Å². The minimum atomic E-state index is 0.636. The SMILES string of the molecule is Cc1cscc1Nc1ncc(Br)c(C)n1. The number of rotatable bonds is 2. The number of anilines is 2. The number of thiophene rings is 1. The number of nitrogens with one attached hydrogen (secondary N) is 1. The van der Waals surface area contributed by atoms with Crippen molar-refractivity contribution in [2.75, 3.05) is 5.32 Å². The Labute approximate surface area is 101 Å². The Morgan fingerprint density at radius 3 is 2.73 bits per heavy atom. The van der Waals surface area contributed by atoms with Crippen molar-refractivity contribution in [1.29, 1.82) is 0 Å². The lowest BCUT2D eigenvalue weighted by Crippen LogP contribution is -1.98. The molecule has 3 nitrogen and oxygen atoms in total. The monoisotopic (exact) mass is 283 g/mol. The Balaban J connectivity index is 2.25. The molecule has 0 aliphatic heterocycles. The van der Waals surface area contributed by atoms with E-state index in [1.807, 2.05) is 6.92 Å². The van der Waals surface area contributed by atoms with Gasteiger partial charge in [0.1, 0.15) is 0 Å². The largest absolute Gasteiger partial charge is 0.323 e. The molecule has 0 radical (unpaired) electrons. The van der Waals surface area contributed by atoms with Gasteiger partial charge in [0, 0.05) is 11.6 Å². The van der Waals surface area contributed by atoms with E-state index in [-0.39, 0.29) is 0 Å². The van der Waals surface area contributed by atoms with Crippen LogP contribution in [0.1, 0.15) is 11.3 Å². The van der Waals surface area contributed by atoms with E-state index in [1.165, 1.54) is 5.56 Å². The zero-order valence-electron chi connectivity index (χ0n) is 8.41. The fraction of sp³-hybridized carbons (Fsp3) is 0.200. The third-order valence-corrected chi connectivity index (χ3v) is 3.66. The fourth-order valence-corrected chi connectivity index (χ4v) is 2.09. The second-order valence-corrected chi connectivity index (χ2v) is 4.82. The van der Waals surface area contributed by atoms with Crippen LogP contribution in [-0.2, 0) is 0 Å². The van der Waals surface area contributed by atoms with E-state index in [9.17, 15) is 0 Å². The van der Waals surface area contributed by atoms with E-state index in [0.717, 1.165) is 15.9 Å². The number of hydrogen-bond acceptors (Lipinski definition) is 4. The Morgan fingerprint density at radius 2 is 2.13 bits per heavy atom. The van der Waals surface area contributed by atoms with Gasteiger partial charge in [-0.15, -0.1) is 11.3 Å². The molecule has 0 atom stereocenters.